The van der Waals surface area contributed by atoms with E-state index in [-0.39, 0.29) is 0 Å². The summed E-state index contributed by atoms with van der Waals surface area (Å²) in [5.41, 5.74) is 0. The first-order valence-electron chi connectivity index (χ1n) is 5.45. The Kier molecular flexibility index (Phi) is 6.96. The maximum Gasteiger partial charge on any atom is 0.169 e. The molecule has 86 valence electrons. The maximum absolute atomic E-state index is 4.14. The fourth-order valence-corrected chi connectivity index (χ4v) is 2.74. The topological polar surface area (TPSA) is 37.8 Å². The zero-order valence-electron chi connectivity index (χ0n) is 9.40. The molecule has 0 aromatic carbocycles. The molecule has 0 aliphatic heterocycles. The molecular weight excluding hydrogens is 226 g/mol. The largest absolute Gasteiger partial charge is 0.314 e. The van der Waals surface area contributed by atoms with E-state index in [1.54, 1.807) is 6.33 Å². The highest BCUT2D eigenvalue weighted by Crippen LogP contribution is 2.19. The highest BCUT2D eigenvalue weighted by Gasteiger charge is 2.01. The van der Waals surface area contributed by atoms with Crippen molar-refractivity contribution in [2.75, 3.05) is 12.3 Å². The van der Waals surface area contributed by atoms with Gasteiger partial charge in [-0.2, -0.15) is 4.37 Å². The highest BCUT2D eigenvalue weighted by atomic mass is 32.2. The number of thioether (sulfide) groups is 1. The smallest absolute Gasteiger partial charge is 0.169 e. The average molecular weight is 245 g/mol. The van der Waals surface area contributed by atoms with E-state index in [0.717, 1.165) is 16.6 Å². The summed E-state index contributed by atoms with van der Waals surface area (Å²) in [6.07, 6.45) is 5.32. The van der Waals surface area contributed by atoms with E-state index in [2.05, 4.69) is 28.5 Å². The monoisotopic (exact) mass is 245 g/mol. The van der Waals surface area contributed by atoms with Crippen molar-refractivity contribution in [1.29, 1.82) is 0 Å². The fourth-order valence-electron chi connectivity index (χ4n) is 1.27. The fraction of sp³-hybridized carbons (Fsp3) is 0.800. The quantitative estimate of drug-likeness (QED) is 0.564. The Labute approximate surface area is 100 Å². The number of hydrogen-bond donors (Lipinski definition) is 1. The zero-order valence-corrected chi connectivity index (χ0v) is 11.0. The maximum atomic E-state index is 4.14. The molecule has 1 aromatic rings. The Morgan fingerprint density at radius 2 is 2.47 bits per heavy atom. The molecule has 1 N–H and O–H groups in total. The van der Waals surface area contributed by atoms with Crippen molar-refractivity contribution in [2.24, 2.45) is 0 Å². The van der Waals surface area contributed by atoms with Crippen LogP contribution in [0.25, 0.3) is 0 Å². The molecule has 1 aromatic heterocycles. The van der Waals surface area contributed by atoms with Crippen LogP contribution in [0.5, 0.6) is 0 Å². The molecule has 0 saturated carbocycles. The molecular formula is C10H19N3S2. The summed E-state index contributed by atoms with van der Waals surface area (Å²) in [4.78, 5) is 4.14. The van der Waals surface area contributed by atoms with E-state index in [1.807, 2.05) is 11.8 Å². The minimum Gasteiger partial charge on any atom is -0.314 e. The molecule has 1 unspecified atom stereocenters. The van der Waals surface area contributed by atoms with Crippen molar-refractivity contribution < 1.29 is 0 Å². The van der Waals surface area contributed by atoms with Crippen molar-refractivity contribution in [3.05, 3.63) is 6.33 Å². The Balaban J connectivity index is 1.97. The standard InChI is InChI=1S/C10H19N3S2/c1-3-6-11-9(2)5-4-7-14-10-12-8-13-15-10/h8-9,11H,3-7H2,1-2H3. The van der Waals surface area contributed by atoms with Gasteiger partial charge in [0.2, 0.25) is 0 Å². The predicted octanol–water partition coefficient (Wildman–Crippen LogP) is 2.80. The summed E-state index contributed by atoms with van der Waals surface area (Å²) < 4.78 is 5.06. The van der Waals surface area contributed by atoms with E-state index >= 15 is 0 Å². The van der Waals surface area contributed by atoms with Crippen LogP contribution >= 0.6 is 23.3 Å². The van der Waals surface area contributed by atoms with Crippen LogP contribution in [0.3, 0.4) is 0 Å². The molecule has 0 aliphatic rings. The van der Waals surface area contributed by atoms with Gasteiger partial charge < -0.3 is 5.32 Å². The van der Waals surface area contributed by atoms with Crippen LogP contribution in [-0.2, 0) is 0 Å². The number of aromatic nitrogens is 2. The summed E-state index contributed by atoms with van der Waals surface area (Å²) >= 11 is 3.29. The van der Waals surface area contributed by atoms with Crippen LogP contribution in [0.2, 0.25) is 0 Å². The normalized spacial score (nSPS) is 12.9. The molecule has 0 fully saturated rings. The van der Waals surface area contributed by atoms with E-state index in [4.69, 9.17) is 0 Å². The third-order valence-electron chi connectivity index (χ3n) is 2.09. The van der Waals surface area contributed by atoms with Crippen LogP contribution in [0.4, 0.5) is 0 Å². The Morgan fingerprint density at radius 1 is 1.60 bits per heavy atom. The van der Waals surface area contributed by atoms with Crippen molar-refractivity contribution in [3.8, 4) is 0 Å². The van der Waals surface area contributed by atoms with Gasteiger partial charge in [0.15, 0.2) is 4.34 Å². The Bertz CT molecular complexity index is 239. The summed E-state index contributed by atoms with van der Waals surface area (Å²) in [6, 6.07) is 0.639. The second-order valence-electron chi connectivity index (χ2n) is 3.55. The minimum absolute atomic E-state index is 0.639. The van der Waals surface area contributed by atoms with Crippen LogP contribution in [0, 0.1) is 0 Å². The van der Waals surface area contributed by atoms with Gasteiger partial charge >= 0.3 is 0 Å². The first kappa shape index (κ1) is 12.9. The number of nitrogens with zero attached hydrogens (tertiary/aromatic N) is 2. The number of rotatable bonds is 8. The molecule has 3 nitrogen and oxygen atoms in total. The molecule has 1 heterocycles. The van der Waals surface area contributed by atoms with Gasteiger partial charge in [-0.25, -0.2) is 4.98 Å². The first-order valence-corrected chi connectivity index (χ1v) is 7.21. The molecule has 0 bridgehead atoms. The van der Waals surface area contributed by atoms with Crippen LogP contribution in [-0.4, -0.2) is 27.7 Å². The van der Waals surface area contributed by atoms with Gasteiger partial charge in [0.1, 0.15) is 6.33 Å². The van der Waals surface area contributed by atoms with Gasteiger partial charge in [-0.05, 0) is 44.3 Å². The van der Waals surface area contributed by atoms with Gasteiger partial charge in [-0.3, -0.25) is 0 Å². The van der Waals surface area contributed by atoms with Gasteiger partial charge in [0.05, 0.1) is 0 Å². The van der Waals surface area contributed by atoms with E-state index < -0.39 is 0 Å². The lowest BCUT2D eigenvalue weighted by atomic mass is 10.2. The third kappa shape index (κ3) is 6.12. The molecule has 0 amide bonds. The van der Waals surface area contributed by atoms with E-state index in [0.29, 0.717) is 6.04 Å². The molecule has 5 heteroatoms. The first-order chi connectivity index (χ1) is 7.33. The third-order valence-corrected chi connectivity index (χ3v) is 3.97. The lowest BCUT2D eigenvalue weighted by molar-refractivity contribution is 0.510. The summed E-state index contributed by atoms with van der Waals surface area (Å²) in [6.45, 7) is 5.58. The van der Waals surface area contributed by atoms with E-state index in [1.165, 1.54) is 30.8 Å². The Morgan fingerprint density at radius 3 is 3.13 bits per heavy atom. The number of nitrogens with one attached hydrogen (secondary N) is 1. The molecule has 1 rings (SSSR count). The molecule has 0 spiro atoms. The van der Waals surface area contributed by atoms with Gasteiger partial charge in [0.25, 0.3) is 0 Å². The van der Waals surface area contributed by atoms with Crippen LogP contribution in [0.15, 0.2) is 10.7 Å². The van der Waals surface area contributed by atoms with Crippen molar-refractivity contribution >= 4 is 23.3 Å². The molecule has 0 saturated heterocycles. The summed E-state index contributed by atoms with van der Waals surface area (Å²) in [7, 11) is 0. The second-order valence-corrected chi connectivity index (χ2v) is 5.68. The van der Waals surface area contributed by atoms with Gasteiger partial charge in [-0.15, -0.1) is 0 Å². The molecule has 0 aliphatic carbocycles. The summed E-state index contributed by atoms with van der Waals surface area (Å²) in [5.74, 6) is 1.15. The van der Waals surface area contributed by atoms with Gasteiger partial charge in [0, 0.05) is 11.8 Å². The lowest BCUT2D eigenvalue weighted by Crippen LogP contribution is -2.26. The SMILES string of the molecule is CCCNC(C)CCCSc1ncns1. The zero-order chi connectivity index (χ0) is 10.9. The molecule has 1 atom stereocenters. The van der Waals surface area contributed by atoms with Gasteiger partial charge in [-0.1, -0.05) is 18.7 Å². The number of hydrogen-bond acceptors (Lipinski definition) is 5. The van der Waals surface area contributed by atoms with Crippen LogP contribution in [0.1, 0.15) is 33.1 Å². The average Bonchev–Trinajstić information content (AvgIpc) is 2.74. The predicted molar refractivity (Wildman–Crippen MR) is 67.6 cm³/mol. The van der Waals surface area contributed by atoms with Crippen molar-refractivity contribution in [2.45, 2.75) is 43.5 Å². The minimum atomic E-state index is 0.639. The van der Waals surface area contributed by atoms with Crippen molar-refractivity contribution in [1.82, 2.24) is 14.7 Å². The molecule has 0 radical (unpaired) electrons. The lowest BCUT2D eigenvalue weighted by Gasteiger charge is -2.11. The summed E-state index contributed by atoms with van der Waals surface area (Å²) in [5, 5.41) is 3.49. The second kappa shape index (κ2) is 8.07. The Hall–Kier alpha value is -0.130. The molecule has 15 heavy (non-hydrogen) atoms. The van der Waals surface area contributed by atoms with Crippen molar-refractivity contribution in [3.63, 3.8) is 0 Å². The van der Waals surface area contributed by atoms with Crippen LogP contribution < -0.4 is 5.32 Å². The van der Waals surface area contributed by atoms with E-state index in [9.17, 15) is 0 Å². The highest BCUT2D eigenvalue weighted by molar-refractivity contribution is 8.00.